The maximum absolute atomic E-state index is 12.0. The molecule has 0 unspecified atom stereocenters. The van der Waals surface area contributed by atoms with Crippen molar-refractivity contribution < 1.29 is 4.79 Å². The highest BCUT2D eigenvalue weighted by Crippen LogP contribution is 2.26. The van der Waals surface area contributed by atoms with E-state index in [9.17, 15) is 4.79 Å². The predicted molar refractivity (Wildman–Crippen MR) is 86.3 cm³/mol. The van der Waals surface area contributed by atoms with Gasteiger partial charge < -0.3 is 10.6 Å². The summed E-state index contributed by atoms with van der Waals surface area (Å²) in [4.78, 5) is 16.1. The van der Waals surface area contributed by atoms with Crippen LogP contribution < -0.4 is 10.6 Å². The first-order valence-corrected chi connectivity index (χ1v) is 7.14. The summed E-state index contributed by atoms with van der Waals surface area (Å²) in [5.74, 6) is -0.184. The molecule has 0 aliphatic rings. The Kier molecular flexibility index (Phi) is 4.81. The number of halogens is 1. The van der Waals surface area contributed by atoms with Crippen molar-refractivity contribution in [1.82, 2.24) is 10.3 Å². The van der Waals surface area contributed by atoms with Crippen molar-refractivity contribution in [3.63, 3.8) is 0 Å². The van der Waals surface area contributed by atoms with E-state index in [2.05, 4.69) is 15.6 Å². The SMILES string of the molecule is Cc1c(Cl)cccc1Nc1ccnc(C(=O)NC(C)C)c1. The van der Waals surface area contributed by atoms with E-state index >= 15 is 0 Å². The highest BCUT2D eigenvalue weighted by Gasteiger charge is 2.09. The molecule has 1 heterocycles. The summed E-state index contributed by atoms with van der Waals surface area (Å²) in [6.07, 6.45) is 1.61. The van der Waals surface area contributed by atoms with Gasteiger partial charge in [-0.1, -0.05) is 17.7 Å². The fourth-order valence-corrected chi connectivity index (χ4v) is 2.04. The number of hydrogen-bond donors (Lipinski definition) is 2. The molecule has 2 N–H and O–H groups in total. The molecule has 1 aromatic carbocycles. The molecule has 0 saturated heterocycles. The number of nitrogens with zero attached hydrogens (tertiary/aromatic N) is 1. The maximum atomic E-state index is 12.0. The number of carbonyl (C=O) groups excluding carboxylic acids is 1. The summed E-state index contributed by atoms with van der Waals surface area (Å²) in [5, 5.41) is 6.78. The number of anilines is 2. The number of benzene rings is 1. The van der Waals surface area contributed by atoms with Gasteiger partial charge in [0.05, 0.1) is 0 Å². The number of amides is 1. The minimum atomic E-state index is -0.184. The van der Waals surface area contributed by atoms with Crippen LogP contribution in [-0.4, -0.2) is 16.9 Å². The van der Waals surface area contributed by atoms with E-state index in [1.165, 1.54) is 0 Å². The lowest BCUT2D eigenvalue weighted by Crippen LogP contribution is -2.30. The molecular formula is C16H18ClN3O. The highest BCUT2D eigenvalue weighted by atomic mass is 35.5. The zero-order valence-corrected chi connectivity index (χ0v) is 13.0. The summed E-state index contributed by atoms with van der Waals surface area (Å²) in [6, 6.07) is 9.27. The van der Waals surface area contributed by atoms with Crippen LogP contribution in [0.4, 0.5) is 11.4 Å². The number of aromatic nitrogens is 1. The summed E-state index contributed by atoms with van der Waals surface area (Å²) >= 11 is 6.10. The van der Waals surface area contributed by atoms with E-state index in [0.29, 0.717) is 10.7 Å². The van der Waals surface area contributed by atoms with Gasteiger partial charge in [-0.3, -0.25) is 9.78 Å². The van der Waals surface area contributed by atoms with Crippen LogP contribution in [0.1, 0.15) is 29.9 Å². The van der Waals surface area contributed by atoms with Crippen LogP contribution in [0.5, 0.6) is 0 Å². The molecular weight excluding hydrogens is 286 g/mol. The molecule has 0 fully saturated rings. The van der Waals surface area contributed by atoms with Gasteiger partial charge in [0.15, 0.2) is 0 Å². The Morgan fingerprint density at radius 3 is 2.76 bits per heavy atom. The van der Waals surface area contributed by atoms with Crippen LogP contribution in [0.2, 0.25) is 5.02 Å². The quantitative estimate of drug-likeness (QED) is 0.900. The van der Waals surface area contributed by atoms with Crippen LogP contribution >= 0.6 is 11.6 Å². The van der Waals surface area contributed by atoms with E-state index < -0.39 is 0 Å². The molecule has 1 amide bonds. The van der Waals surface area contributed by atoms with Crippen molar-refractivity contribution in [3.8, 4) is 0 Å². The number of pyridine rings is 1. The van der Waals surface area contributed by atoms with Gasteiger partial charge in [-0.05, 0) is 50.6 Å². The van der Waals surface area contributed by atoms with Crippen molar-refractivity contribution in [2.45, 2.75) is 26.8 Å². The molecule has 0 aliphatic carbocycles. The second-order valence-electron chi connectivity index (χ2n) is 5.10. The maximum Gasteiger partial charge on any atom is 0.270 e. The molecule has 5 heteroatoms. The van der Waals surface area contributed by atoms with E-state index in [0.717, 1.165) is 16.9 Å². The van der Waals surface area contributed by atoms with Crippen LogP contribution in [0, 0.1) is 6.92 Å². The average molecular weight is 304 g/mol. The molecule has 1 aromatic heterocycles. The number of nitrogens with one attached hydrogen (secondary N) is 2. The van der Waals surface area contributed by atoms with Crippen molar-refractivity contribution in [3.05, 3.63) is 52.8 Å². The summed E-state index contributed by atoms with van der Waals surface area (Å²) < 4.78 is 0. The first-order chi connectivity index (χ1) is 9.97. The van der Waals surface area contributed by atoms with Gasteiger partial charge in [-0.2, -0.15) is 0 Å². The van der Waals surface area contributed by atoms with Crippen molar-refractivity contribution in [2.24, 2.45) is 0 Å². The van der Waals surface area contributed by atoms with E-state index in [1.54, 1.807) is 12.3 Å². The standard InChI is InChI=1S/C16H18ClN3O/c1-10(2)19-16(21)15-9-12(7-8-18-15)20-14-6-4-5-13(17)11(14)3/h4-10H,1-3H3,(H,18,20)(H,19,21). The topological polar surface area (TPSA) is 54.0 Å². The van der Waals surface area contributed by atoms with Crippen LogP contribution in [0.25, 0.3) is 0 Å². The molecule has 0 atom stereocenters. The average Bonchev–Trinajstić information content (AvgIpc) is 2.43. The Balaban J connectivity index is 2.22. The molecule has 2 rings (SSSR count). The van der Waals surface area contributed by atoms with Crippen molar-refractivity contribution in [2.75, 3.05) is 5.32 Å². The minimum Gasteiger partial charge on any atom is -0.355 e. The molecule has 0 spiro atoms. The monoisotopic (exact) mass is 303 g/mol. The van der Waals surface area contributed by atoms with Crippen LogP contribution in [-0.2, 0) is 0 Å². The first kappa shape index (κ1) is 15.3. The molecule has 0 radical (unpaired) electrons. The number of carbonyl (C=O) groups is 1. The van der Waals surface area contributed by atoms with Crippen molar-refractivity contribution in [1.29, 1.82) is 0 Å². The summed E-state index contributed by atoms with van der Waals surface area (Å²) in [7, 11) is 0. The third-order valence-corrected chi connectivity index (χ3v) is 3.37. The smallest absolute Gasteiger partial charge is 0.270 e. The normalized spacial score (nSPS) is 10.5. The Morgan fingerprint density at radius 1 is 1.29 bits per heavy atom. The van der Waals surface area contributed by atoms with Gasteiger partial charge in [0.1, 0.15) is 5.69 Å². The minimum absolute atomic E-state index is 0.0751. The second kappa shape index (κ2) is 6.59. The zero-order valence-electron chi connectivity index (χ0n) is 12.3. The van der Waals surface area contributed by atoms with Gasteiger partial charge in [-0.25, -0.2) is 0 Å². The van der Waals surface area contributed by atoms with E-state index in [4.69, 9.17) is 11.6 Å². The largest absolute Gasteiger partial charge is 0.355 e. The predicted octanol–water partition coefficient (Wildman–Crippen LogP) is 3.93. The fourth-order valence-electron chi connectivity index (χ4n) is 1.87. The molecule has 4 nitrogen and oxygen atoms in total. The van der Waals surface area contributed by atoms with Gasteiger partial charge in [0, 0.05) is 28.6 Å². The Hall–Kier alpha value is -2.07. The van der Waals surface area contributed by atoms with Gasteiger partial charge in [0.2, 0.25) is 0 Å². The molecule has 21 heavy (non-hydrogen) atoms. The lowest BCUT2D eigenvalue weighted by atomic mass is 10.2. The van der Waals surface area contributed by atoms with E-state index in [-0.39, 0.29) is 11.9 Å². The lowest BCUT2D eigenvalue weighted by Gasteiger charge is -2.12. The number of hydrogen-bond acceptors (Lipinski definition) is 3. The van der Waals surface area contributed by atoms with E-state index in [1.807, 2.05) is 45.0 Å². The van der Waals surface area contributed by atoms with Gasteiger partial charge in [0.25, 0.3) is 5.91 Å². The fraction of sp³-hybridized carbons (Fsp3) is 0.250. The molecule has 0 aliphatic heterocycles. The Bertz CT molecular complexity index is 656. The van der Waals surface area contributed by atoms with Gasteiger partial charge in [-0.15, -0.1) is 0 Å². The second-order valence-corrected chi connectivity index (χ2v) is 5.50. The zero-order chi connectivity index (χ0) is 15.4. The lowest BCUT2D eigenvalue weighted by molar-refractivity contribution is 0.0938. The Morgan fingerprint density at radius 2 is 2.05 bits per heavy atom. The molecule has 110 valence electrons. The summed E-state index contributed by atoms with van der Waals surface area (Å²) in [6.45, 7) is 5.77. The summed E-state index contributed by atoms with van der Waals surface area (Å²) in [5.41, 5.74) is 3.05. The molecule has 0 bridgehead atoms. The van der Waals surface area contributed by atoms with Crippen LogP contribution in [0.3, 0.4) is 0 Å². The Labute approximate surface area is 129 Å². The molecule has 0 saturated carbocycles. The van der Waals surface area contributed by atoms with Gasteiger partial charge >= 0.3 is 0 Å². The van der Waals surface area contributed by atoms with Crippen molar-refractivity contribution >= 4 is 28.9 Å². The highest BCUT2D eigenvalue weighted by molar-refractivity contribution is 6.31. The molecule has 2 aromatic rings. The number of rotatable bonds is 4. The third kappa shape index (κ3) is 3.95. The first-order valence-electron chi connectivity index (χ1n) is 6.76. The third-order valence-electron chi connectivity index (χ3n) is 2.96. The van der Waals surface area contributed by atoms with Crippen LogP contribution in [0.15, 0.2) is 36.5 Å².